The Morgan fingerprint density at radius 2 is 1.88 bits per heavy atom. The van der Waals surface area contributed by atoms with E-state index in [1.54, 1.807) is 11.3 Å². The number of piperazine rings is 1. The van der Waals surface area contributed by atoms with Crippen molar-refractivity contribution in [1.82, 2.24) is 20.0 Å². The standard InChI is InChI=1S/C17H23ClN4O2S/c1-17(12-2-3-12)15(23)22(16(24)19-17)11-21-8-6-20(7-9-21)10-13-4-5-14(18)25-13/h4-5,12H,2-3,6-11H2,1H3,(H,19,24)/t17-/m1/s1. The summed E-state index contributed by atoms with van der Waals surface area (Å²) < 4.78 is 0.825. The molecule has 3 fully saturated rings. The van der Waals surface area contributed by atoms with Crippen LogP contribution in [-0.4, -0.2) is 65.0 Å². The molecule has 1 N–H and O–H groups in total. The Morgan fingerprint density at radius 3 is 2.48 bits per heavy atom. The second-order valence-corrected chi connectivity index (χ2v) is 9.18. The highest BCUT2D eigenvalue weighted by molar-refractivity contribution is 7.16. The monoisotopic (exact) mass is 382 g/mol. The lowest BCUT2D eigenvalue weighted by Crippen LogP contribution is -2.51. The number of hydrogen-bond acceptors (Lipinski definition) is 5. The molecule has 6 nitrogen and oxygen atoms in total. The number of imide groups is 1. The summed E-state index contributed by atoms with van der Waals surface area (Å²) in [4.78, 5) is 32.2. The van der Waals surface area contributed by atoms with E-state index in [1.165, 1.54) is 9.78 Å². The van der Waals surface area contributed by atoms with Crippen molar-refractivity contribution in [1.29, 1.82) is 0 Å². The second kappa shape index (κ2) is 6.54. The molecule has 1 aromatic heterocycles. The van der Waals surface area contributed by atoms with E-state index >= 15 is 0 Å². The highest BCUT2D eigenvalue weighted by atomic mass is 35.5. The molecule has 136 valence electrons. The third-order valence-corrected chi connectivity index (χ3v) is 6.73. The van der Waals surface area contributed by atoms with Crippen molar-refractivity contribution < 1.29 is 9.59 Å². The van der Waals surface area contributed by atoms with Crippen molar-refractivity contribution >= 4 is 34.9 Å². The van der Waals surface area contributed by atoms with Crippen molar-refractivity contribution in [3.63, 3.8) is 0 Å². The van der Waals surface area contributed by atoms with Gasteiger partial charge in [-0.1, -0.05) is 11.6 Å². The topological polar surface area (TPSA) is 55.9 Å². The van der Waals surface area contributed by atoms with Gasteiger partial charge in [-0.15, -0.1) is 11.3 Å². The maximum Gasteiger partial charge on any atom is 0.326 e. The quantitative estimate of drug-likeness (QED) is 0.793. The molecule has 1 aromatic rings. The lowest BCUT2D eigenvalue weighted by molar-refractivity contribution is -0.133. The summed E-state index contributed by atoms with van der Waals surface area (Å²) in [6, 6.07) is 3.77. The predicted octanol–water partition coefficient (Wildman–Crippen LogP) is 2.20. The van der Waals surface area contributed by atoms with Gasteiger partial charge < -0.3 is 5.32 Å². The van der Waals surface area contributed by atoms with Gasteiger partial charge in [-0.05, 0) is 37.8 Å². The SMILES string of the molecule is C[C@]1(C2CC2)NC(=O)N(CN2CCN(Cc3ccc(Cl)s3)CC2)C1=O. The molecule has 2 saturated heterocycles. The Balaban J connectivity index is 1.30. The van der Waals surface area contributed by atoms with Crippen LogP contribution in [0.15, 0.2) is 12.1 Å². The highest BCUT2D eigenvalue weighted by Crippen LogP contribution is 2.42. The zero-order chi connectivity index (χ0) is 17.6. The summed E-state index contributed by atoms with van der Waals surface area (Å²) in [7, 11) is 0. The summed E-state index contributed by atoms with van der Waals surface area (Å²) >= 11 is 7.61. The maximum absolute atomic E-state index is 12.7. The van der Waals surface area contributed by atoms with Crippen LogP contribution >= 0.6 is 22.9 Å². The van der Waals surface area contributed by atoms with Crippen molar-refractivity contribution in [3.8, 4) is 0 Å². The molecular weight excluding hydrogens is 360 g/mol. The molecule has 8 heteroatoms. The third-order valence-electron chi connectivity index (χ3n) is 5.51. The lowest BCUT2D eigenvalue weighted by atomic mass is 9.96. The molecule has 3 amide bonds. The van der Waals surface area contributed by atoms with Crippen LogP contribution in [-0.2, 0) is 11.3 Å². The Morgan fingerprint density at radius 1 is 1.20 bits per heavy atom. The van der Waals surface area contributed by atoms with Gasteiger partial charge in [0.05, 0.1) is 11.0 Å². The van der Waals surface area contributed by atoms with Crippen LogP contribution in [0.5, 0.6) is 0 Å². The van der Waals surface area contributed by atoms with Gasteiger partial charge in [-0.25, -0.2) is 9.69 Å². The van der Waals surface area contributed by atoms with Gasteiger partial charge in [0, 0.05) is 37.6 Å². The number of rotatable bonds is 5. The van der Waals surface area contributed by atoms with Crippen molar-refractivity contribution in [2.45, 2.75) is 31.8 Å². The van der Waals surface area contributed by atoms with Gasteiger partial charge in [0.25, 0.3) is 5.91 Å². The van der Waals surface area contributed by atoms with Crippen LogP contribution in [0, 0.1) is 5.92 Å². The zero-order valence-corrected chi connectivity index (χ0v) is 15.9. The van der Waals surface area contributed by atoms with E-state index in [0.717, 1.165) is 49.9 Å². The number of thiophene rings is 1. The van der Waals surface area contributed by atoms with Gasteiger partial charge in [-0.2, -0.15) is 0 Å². The number of nitrogens with one attached hydrogen (secondary N) is 1. The summed E-state index contributed by atoms with van der Waals surface area (Å²) in [5.41, 5.74) is -0.683. The molecule has 25 heavy (non-hydrogen) atoms. The smallest absolute Gasteiger partial charge is 0.323 e. The van der Waals surface area contributed by atoms with Crippen LogP contribution in [0.2, 0.25) is 4.34 Å². The van der Waals surface area contributed by atoms with E-state index in [2.05, 4.69) is 21.2 Å². The van der Waals surface area contributed by atoms with E-state index in [1.807, 2.05) is 13.0 Å². The van der Waals surface area contributed by atoms with E-state index < -0.39 is 5.54 Å². The van der Waals surface area contributed by atoms with Crippen LogP contribution < -0.4 is 5.32 Å². The molecule has 0 bridgehead atoms. The summed E-state index contributed by atoms with van der Waals surface area (Å²) in [6.45, 7) is 6.75. The normalized spacial score (nSPS) is 28.6. The first-order valence-corrected chi connectivity index (χ1v) is 9.98. The highest BCUT2D eigenvalue weighted by Gasteiger charge is 2.56. The minimum Gasteiger partial charge on any atom is -0.323 e. The van der Waals surface area contributed by atoms with Crippen LogP contribution in [0.4, 0.5) is 4.79 Å². The first kappa shape index (κ1) is 17.3. The second-order valence-electron chi connectivity index (χ2n) is 7.38. The van der Waals surface area contributed by atoms with Crippen molar-refractivity contribution in [2.75, 3.05) is 32.8 Å². The van der Waals surface area contributed by atoms with Crippen molar-refractivity contribution in [2.24, 2.45) is 5.92 Å². The van der Waals surface area contributed by atoms with Crippen LogP contribution in [0.25, 0.3) is 0 Å². The summed E-state index contributed by atoms with van der Waals surface area (Å²) in [5.74, 6) is 0.249. The minimum atomic E-state index is -0.683. The zero-order valence-electron chi connectivity index (χ0n) is 14.3. The maximum atomic E-state index is 12.7. The molecule has 0 aromatic carbocycles. The van der Waals surface area contributed by atoms with Gasteiger partial charge in [0.15, 0.2) is 0 Å². The number of amides is 3. The fourth-order valence-electron chi connectivity index (χ4n) is 3.73. The third kappa shape index (κ3) is 3.43. The van der Waals surface area contributed by atoms with Crippen molar-refractivity contribution in [3.05, 3.63) is 21.3 Å². The molecule has 2 aliphatic heterocycles. The number of carbonyl (C=O) groups excluding carboxylic acids is 2. The number of halogens is 1. The molecule has 1 saturated carbocycles. The molecule has 0 unspecified atom stereocenters. The van der Waals surface area contributed by atoms with Crippen LogP contribution in [0.1, 0.15) is 24.6 Å². The predicted molar refractivity (Wildman–Crippen MR) is 97.6 cm³/mol. The average Bonchev–Trinajstić information content (AvgIpc) is 3.33. The van der Waals surface area contributed by atoms with Crippen LogP contribution in [0.3, 0.4) is 0 Å². The summed E-state index contributed by atoms with van der Waals surface area (Å²) in [5, 5.41) is 2.91. The number of hydrogen-bond donors (Lipinski definition) is 1. The Bertz CT molecular complexity index is 684. The molecule has 4 rings (SSSR count). The Kier molecular flexibility index (Phi) is 4.52. The molecule has 3 aliphatic rings. The average molecular weight is 383 g/mol. The van der Waals surface area contributed by atoms with E-state index in [4.69, 9.17) is 11.6 Å². The van der Waals surface area contributed by atoms with E-state index in [-0.39, 0.29) is 11.9 Å². The van der Waals surface area contributed by atoms with Gasteiger partial charge in [0.2, 0.25) is 0 Å². The largest absolute Gasteiger partial charge is 0.326 e. The number of urea groups is 1. The molecule has 0 radical (unpaired) electrons. The Labute approximate surface area is 156 Å². The fraction of sp³-hybridized carbons (Fsp3) is 0.647. The molecular formula is C17H23ClN4O2S. The first-order chi connectivity index (χ1) is 12.0. The number of nitrogens with zero attached hydrogens (tertiary/aromatic N) is 3. The summed E-state index contributed by atoms with van der Waals surface area (Å²) in [6.07, 6.45) is 2.06. The van der Waals surface area contributed by atoms with Gasteiger partial charge in [-0.3, -0.25) is 14.6 Å². The molecule has 3 heterocycles. The Hall–Kier alpha value is -1.15. The van der Waals surface area contributed by atoms with Gasteiger partial charge in [0.1, 0.15) is 5.54 Å². The number of carbonyl (C=O) groups is 2. The molecule has 1 atom stereocenters. The van der Waals surface area contributed by atoms with E-state index in [9.17, 15) is 9.59 Å². The van der Waals surface area contributed by atoms with E-state index in [0.29, 0.717) is 12.6 Å². The fourth-order valence-corrected chi connectivity index (χ4v) is 4.86. The lowest BCUT2D eigenvalue weighted by Gasteiger charge is -2.35. The first-order valence-electron chi connectivity index (χ1n) is 8.79. The minimum absolute atomic E-state index is 0.0596. The molecule has 1 aliphatic carbocycles. The van der Waals surface area contributed by atoms with Gasteiger partial charge >= 0.3 is 6.03 Å². The molecule has 0 spiro atoms.